The van der Waals surface area contributed by atoms with E-state index < -0.39 is 11.5 Å². The summed E-state index contributed by atoms with van der Waals surface area (Å²) in [6, 6.07) is 0. The van der Waals surface area contributed by atoms with E-state index in [0.717, 1.165) is 51.9 Å². The van der Waals surface area contributed by atoms with Gasteiger partial charge in [0.2, 0.25) is 0 Å². The average Bonchev–Trinajstić information content (AvgIpc) is 3.22. The standard InChI is InChI=1S/C15H28N2O3/c1-3-7-16-15(14(18)19,13-5-6-13)11-17-8-4-9-20-12(2)10-17/h12-13,16H,3-11H2,1-2H3,(H,18,19). The van der Waals surface area contributed by atoms with Gasteiger partial charge in [-0.3, -0.25) is 9.69 Å². The molecule has 2 aliphatic rings. The van der Waals surface area contributed by atoms with Crippen LogP contribution in [0, 0.1) is 5.92 Å². The molecule has 1 saturated carbocycles. The lowest BCUT2D eigenvalue weighted by molar-refractivity contribution is -0.147. The lowest BCUT2D eigenvalue weighted by atomic mass is 9.91. The van der Waals surface area contributed by atoms with E-state index in [9.17, 15) is 9.90 Å². The molecule has 0 spiro atoms. The van der Waals surface area contributed by atoms with E-state index in [1.165, 1.54) is 0 Å². The lowest BCUT2D eigenvalue weighted by Gasteiger charge is -2.36. The summed E-state index contributed by atoms with van der Waals surface area (Å²) in [7, 11) is 0. The maximum absolute atomic E-state index is 11.9. The number of nitrogens with one attached hydrogen (secondary N) is 1. The molecule has 20 heavy (non-hydrogen) atoms. The number of hydrogen-bond acceptors (Lipinski definition) is 4. The molecule has 1 saturated heterocycles. The van der Waals surface area contributed by atoms with E-state index in [2.05, 4.69) is 24.1 Å². The van der Waals surface area contributed by atoms with Crippen molar-refractivity contribution < 1.29 is 14.6 Å². The number of hydrogen-bond donors (Lipinski definition) is 2. The molecule has 0 radical (unpaired) electrons. The number of carbonyl (C=O) groups is 1. The highest BCUT2D eigenvalue weighted by molar-refractivity contribution is 5.80. The summed E-state index contributed by atoms with van der Waals surface area (Å²) >= 11 is 0. The van der Waals surface area contributed by atoms with Gasteiger partial charge in [-0.2, -0.15) is 0 Å². The monoisotopic (exact) mass is 284 g/mol. The fourth-order valence-electron chi connectivity index (χ4n) is 3.15. The average molecular weight is 284 g/mol. The van der Waals surface area contributed by atoms with E-state index in [0.29, 0.717) is 6.54 Å². The quantitative estimate of drug-likeness (QED) is 0.738. The van der Waals surface area contributed by atoms with E-state index in [1.54, 1.807) is 0 Å². The molecule has 0 aromatic rings. The third-order valence-electron chi connectivity index (χ3n) is 4.36. The van der Waals surface area contributed by atoms with Crippen LogP contribution in [0.25, 0.3) is 0 Å². The van der Waals surface area contributed by atoms with Gasteiger partial charge in [-0.1, -0.05) is 6.92 Å². The maximum atomic E-state index is 11.9. The Bertz CT molecular complexity index is 333. The Morgan fingerprint density at radius 3 is 2.85 bits per heavy atom. The van der Waals surface area contributed by atoms with Gasteiger partial charge in [-0.25, -0.2) is 0 Å². The number of rotatable bonds is 7. The molecule has 0 aromatic carbocycles. The van der Waals surface area contributed by atoms with Crippen LogP contribution in [-0.4, -0.2) is 60.4 Å². The first-order valence-corrected chi connectivity index (χ1v) is 7.91. The van der Waals surface area contributed by atoms with Gasteiger partial charge in [0.15, 0.2) is 0 Å². The predicted molar refractivity (Wildman–Crippen MR) is 77.9 cm³/mol. The zero-order valence-electron chi connectivity index (χ0n) is 12.7. The number of aliphatic carboxylic acids is 1. The molecule has 2 unspecified atom stereocenters. The number of carboxylic acid groups (broad SMARTS) is 1. The van der Waals surface area contributed by atoms with Crippen LogP contribution in [0.4, 0.5) is 0 Å². The molecule has 2 fully saturated rings. The first-order valence-electron chi connectivity index (χ1n) is 7.91. The highest BCUT2D eigenvalue weighted by Crippen LogP contribution is 2.40. The van der Waals surface area contributed by atoms with Gasteiger partial charge in [0.25, 0.3) is 0 Å². The highest BCUT2D eigenvalue weighted by Gasteiger charge is 2.51. The Kier molecular flexibility index (Phi) is 5.41. The van der Waals surface area contributed by atoms with Crippen LogP contribution < -0.4 is 5.32 Å². The van der Waals surface area contributed by atoms with Gasteiger partial charge in [0.1, 0.15) is 5.54 Å². The summed E-state index contributed by atoms with van der Waals surface area (Å²) in [6.45, 7) is 8.05. The minimum atomic E-state index is -0.764. The second-order valence-electron chi connectivity index (χ2n) is 6.25. The molecule has 1 aliphatic heterocycles. The van der Waals surface area contributed by atoms with Crippen LogP contribution in [0.3, 0.4) is 0 Å². The minimum Gasteiger partial charge on any atom is -0.480 e. The van der Waals surface area contributed by atoms with Crippen LogP contribution in [0.1, 0.15) is 39.5 Å². The summed E-state index contributed by atoms with van der Waals surface area (Å²) in [5, 5.41) is 13.2. The Labute approximate surface area is 121 Å². The van der Waals surface area contributed by atoms with Crippen molar-refractivity contribution in [2.45, 2.75) is 51.2 Å². The SMILES string of the molecule is CCCNC(CN1CCCOC(C)C1)(C(=O)O)C1CC1. The van der Waals surface area contributed by atoms with Crippen molar-refractivity contribution in [3.8, 4) is 0 Å². The molecule has 2 N–H and O–H groups in total. The third-order valence-corrected chi connectivity index (χ3v) is 4.36. The number of nitrogens with zero attached hydrogens (tertiary/aromatic N) is 1. The van der Waals surface area contributed by atoms with Crippen LogP contribution in [0.5, 0.6) is 0 Å². The van der Waals surface area contributed by atoms with Gasteiger partial charge < -0.3 is 15.2 Å². The fourth-order valence-corrected chi connectivity index (χ4v) is 3.15. The van der Waals surface area contributed by atoms with Crippen LogP contribution >= 0.6 is 0 Å². The molecule has 2 atom stereocenters. The minimum absolute atomic E-state index is 0.189. The van der Waals surface area contributed by atoms with Gasteiger partial charge >= 0.3 is 5.97 Å². The number of carboxylic acids is 1. The molecule has 0 bridgehead atoms. The van der Waals surface area contributed by atoms with Crippen LogP contribution in [0.15, 0.2) is 0 Å². The zero-order chi connectivity index (χ0) is 14.6. The second-order valence-corrected chi connectivity index (χ2v) is 6.25. The summed E-state index contributed by atoms with van der Waals surface area (Å²) in [4.78, 5) is 14.2. The first kappa shape index (κ1) is 15.7. The van der Waals surface area contributed by atoms with E-state index in [4.69, 9.17) is 4.74 Å². The van der Waals surface area contributed by atoms with Gasteiger partial charge in [-0.05, 0) is 45.1 Å². The lowest BCUT2D eigenvalue weighted by Crippen LogP contribution is -2.61. The second kappa shape index (κ2) is 6.87. The molecular weight excluding hydrogens is 256 g/mol. The van der Waals surface area contributed by atoms with Crippen molar-refractivity contribution >= 4 is 5.97 Å². The number of ether oxygens (including phenoxy) is 1. The van der Waals surface area contributed by atoms with E-state index in [1.807, 2.05) is 0 Å². The molecule has 1 aliphatic carbocycles. The first-order chi connectivity index (χ1) is 9.58. The Hall–Kier alpha value is -0.650. The van der Waals surface area contributed by atoms with Gasteiger partial charge in [-0.15, -0.1) is 0 Å². The Morgan fingerprint density at radius 1 is 1.50 bits per heavy atom. The third kappa shape index (κ3) is 3.71. The molecular formula is C15H28N2O3. The smallest absolute Gasteiger partial charge is 0.325 e. The van der Waals surface area contributed by atoms with Crippen molar-refractivity contribution in [1.82, 2.24) is 10.2 Å². The van der Waals surface area contributed by atoms with E-state index >= 15 is 0 Å². The van der Waals surface area contributed by atoms with Gasteiger partial charge in [0.05, 0.1) is 6.10 Å². The fraction of sp³-hybridized carbons (Fsp3) is 0.933. The molecule has 116 valence electrons. The van der Waals surface area contributed by atoms with Gasteiger partial charge in [0, 0.05) is 26.2 Å². The van der Waals surface area contributed by atoms with Crippen LogP contribution in [0.2, 0.25) is 0 Å². The summed E-state index contributed by atoms with van der Waals surface area (Å²) < 4.78 is 5.66. The van der Waals surface area contributed by atoms with Crippen molar-refractivity contribution in [3.05, 3.63) is 0 Å². The largest absolute Gasteiger partial charge is 0.480 e. The summed E-state index contributed by atoms with van der Waals surface area (Å²) in [5.41, 5.74) is -0.764. The normalized spacial score (nSPS) is 27.8. The highest BCUT2D eigenvalue weighted by atomic mass is 16.5. The molecule has 0 aromatic heterocycles. The molecule has 0 amide bonds. The van der Waals surface area contributed by atoms with Crippen LogP contribution in [-0.2, 0) is 9.53 Å². The van der Waals surface area contributed by atoms with E-state index in [-0.39, 0.29) is 12.0 Å². The molecule has 2 rings (SSSR count). The topological polar surface area (TPSA) is 61.8 Å². The Morgan fingerprint density at radius 2 is 2.25 bits per heavy atom. The molecule has 1 heterocycles. The van der Waals surface area contributed by atoms with Crippen molar-refractivity contribution in [3.63, 3.8) is 0 Å². The summed E-state index contributed by atoms with van der Waals surface area (Å²) in [5.74, 6) is -0.405. The molecule has 5 nitrogen and oxygen atoms in total. The Balaban J connectivity index is 2.07. The summed E-state index contributed by atoms with van der Waals surface area (Å²) in [6.07, 6.45) is 4.19. The predicted octanol–water partition coefficient (Wildman–Crippen LogP) is 1.33. The molecule has 5 heteroatoms. The van der Waals surface area contributed by atoms with Crippen molar-refractivity contribution in [2.75, 3.05) is 32.8 Å². The van der Waals surface area contributed by atoms with Crippen molar-refractivity contribution in [1.29, 1.82) is 0 Å². The maximum Gasteiger partial charge on any atom is 0.325 e. The van der Waals surface area contributed by atoms with Crippen molar-refractivity contribution in [2.24, 2.45) is 5.92 Å². The zero-order valence-corrected chi connectivity index (χ0v) is 12.7.